The van der Waals surface area contributed by atoms with Gasteiger partial charge in [0.25, 0.3) is 5.91 Å². The number of nitrogens with one attached hydrogen (secondary N) is 1. The van der Waals surface area contributed by atoms with Gasteiger partial charge in [-0.15, -0.1) is 0 Å². The molecular formula is C18H20FNO2. The van der Waals surface area contributed by atoms with Crippen LogP contribution in [-0.4, -0.2) is 18.6 Å². The highest BCUT2D eigenvalue weighted by molar-refractivity contribution is 5.80. The summed E-state index contributed by atoms with van der Waals surface area (Å²) in [6.45, 7) is 4.04. The molecule has 0 aliphatic rings. The maximum atomic E-state index is 13.5. The van der Waals surface area contributed by atoms with Crippen molar-refractivity contribution in [2.24, 2.45) is 0 Å². The Morgan fingerprint density at radius 2 is 2.00 bits per heavy atom. The van der Waals surface area contributed by atoms with Crippen molar-refractivity contribution >= 4 is 5.91 Å². The third-order valence-corrected chi connectivity index (χ3v) is 3.32. The molecule has 1 amide bonds. The van der Waals surface area contributed by atoms with Crippen LogP contribution < -0.4 is 10.1 Å². The molecule has 2 aromatic carbocycles. The van der Waals surface area contributed by atoms with Crippen molar-refractivity contribution in [3.8, 4) is 5.75 Å². The fourth-order valence-corrected chi connectivity index (χ4v) is 2.11. The van der Waals surface area contributed by atoms with E-state index in [1.807, 2.05) is 31.2 Å². The molecule has 1 unspecified atom stereocenters. The minimum atomic E-state index is -0.595. The molecular weight excluding hydrogens is 281 g/mol. The number of rotatable bonds is 6. The highest BCUT2D eigenvalue weighted by Gasteiger charge is 2.14. The zero-order chi connectivity index (χ0) is 15.9. The Labute approximate surface area is 130 Å². The van der Waals surface area contributed by atoms with Crippen LogP contribution >= 0.6 is 0 Å². The monoisotopic (exact) mass is 301 g/mol. The quantitative estimate of drug-likeness (QED) is 0.889. The van der Waals surface area contributed by atoms with Crippen LogP contribution in [0.15, 0.2) is 48.5 Å². The molecule has 2 rings (SSSR count). The minimum Gasteiger partial charge on any atom is -0.481 e. The predicted octanol–water partition coefficient (Wildman–Crippen LogP) is 3.26. The molecule has 0 saturated heterocycles. The van der Waals surface area contributed by atoms with Gasteiger partial charge in [0.15, 0.2) is 6.10 Å². The van der Waals surface area contributed by atoms with Crippen molar-refractivity contribution in [1.29, 1.82) is 0 Å². The summed E-state index contributed by atoms with van der Waals surface area (Å²) in [6, 6.07) is 14.1. The molecule has 1 atom stereocenters. The SMILES string of the molecule is Cc1cccc(OC(C)C(=O)NCCc2ccccc2F)c1. The first-order chi connectivity index (χ1) is 10.6. The zero-order valence-electron chi connectivity index (χ0n) is 12.8. The van der Waals surface area contributed by atoms with Gasteiger partial charge in [-0.3, -0.25) is 4.79 Å². The van der Waals surface area contributed by atoms with E-state index < -0.39 is 6.10 Å². The lowest BCUT2D eigenvalue weighted by molar-refractivity contribution is -0.127. The highest BCUT2D eigenvalue weighted by atomic mass is 19.1. The third-order valence-electron chi connectivity index (χ3n) is 3.32. The van der Waals surface area contributed by atoms with Gasteiger partial charge in [0, 0.05) is 6.54 Å². The molecule has 22 heavy (non-hydrogen) atoms. The lowest BCUT2D eigenvalue weighted by Gasteiger charge is -2.15. The number of carbonyl (C=O) groups is 1. The Morgan fingerprint density at radius 3 is 2.73 bits per heavy atom. The fraction of sp³-hybridized carbons (Fsp3) is 0.278. The number of carbonyl (C=O) groups excluding carboxylic acids is 1. The topological polar surface area (TPSA) is 38.3 Å². The number of benzene rings is 2. The number of amides is 1. The van der Waals surface area contributed by atoms with Crippen LogP contribution in [0.5, 0.6) is 5.75 Å². The summed E-state index contributed by atoms with van der Waals surface area (Å²) in [5.41, 5.74) is 1.67. The van der Waals surface area contributed by atoms with Gasteiger partial charge < -0.3 is 10.1 Å². The average Bonchev–Trinajstić information content (AvgIpc) is 2.49. The minimum absolute atomic E-state index is 0.210. The van der Waals surface area contributed by atoms with Gasteiger partial charge in [-0.2, -0.15) is 0 Å². The van der Waals surface area contributed by atoms with E-state index in [1.165, 1.54) is 6.07 Å². The summed E-state index contributed by atoms with van der Waals surface area (Å²) >= 11 is 0. The first-order valence-electron chi connectivity index (χ1n) is 7.30. The lowest BCUT2D eigenvalue weighted by atomic mass is 10.1. The summed E-state index contributed by atoms with van der Waals surface area (Å²) < 4.78 is 19.1. The molecule has 0 aliphatic carbocycles. The largest absolute Gasteiger partial charge is 0.481 e. The van der Waals surface area contributed by atoms with Crippen molar-refractivity contribution in [1.82, 2.24) is 5.32 Å². The zero-order valence-corrected chi connectivity index (χ0v) is 12.8. The Kier molecular flexibility index (Phi) is 5.53. The van der Waals surface area contributed by atoms with Crippen molar-refractivity contribution < 1.29 is 13.9 Å². The summed E-state index contributed by atoms with van der Waals surface area (Å²) in [5, 5.41) is 2.76. The number of halogens is 1. The van der Waals surface area contributed by atoms with Crippen molar-refractivity contribution in [3.05, 3.63) is 65.5 Å². The molecule has 0 heterocycles. The second-order valence-electron chi connectivity index (χ2n) is 5.21. The van der Waals surface area contributed by atoms with Crippen LogP contribution in [0.4, 0.5) is 4.39 Å². The van der Waals surface area contributed by atoms with Crippen LogP contribution in [0.2, 0.25) is 0 Å². The van der Waals surface area contributed by atoms with E-state index in [2.05, 4.69) is 5.32 Å². The van der Waals surface area contributed by atoms with Crippen molar-refractivity contribution in [2.45, 2.75) is 26.4 Å². The van der Waals surface area contributed by atoms with Crippen LogP contribution in [0.25, 0.3) is 0 Å². The summed E-state index contributed by atoms with van der Waals surface area (Å²) in [5.74, 6) is 0.204. The Balaban J connectivity index is 1.80. The van der Waals surface area contributed by atoms with Gasteiger partial charge in [0.1, 0.15) is 11.6 Å². The Hall–Kier alpha value is -2.36. The molecule has 2 aromatic rings. The van der Waals surface area contributed by atoms with Gasteiger partial charge in [-0.05, 0) is 49.6 Å². The molecule has 4 heteroatoms. The van der Waals surface area contributed by atoms with Crippen molar-refractivity contribution in [3.63, 3.8) is 0 Å². The van der Waals surface area contributed by atoms with Gasteiger partial charge >= 0.3 is 0 Å². The molecule has 0 saturated carbocycles. The molecule has 0 aromatic heterocycles. The second-order valence-corrected chi connectivity index (χ2v) is 5.21. The van der Waals surface area contributed by atoms with E-state index in [1.54, 1.807) is 25.1 Å². The molecule has 1 N–H and O–H groups in total. The van der Waals surface area contributed by atoms with E-state index in [0.29, 0.717) is 24.3 Å². The number of ether oxygens (including phenoxy) is 1. The molecule has 0 spiro atoms. The molecule has 116 valence electrons. The van der Waals surface area contributed by atoms with Gasteiger partial charge in [0.2, 0.25) is 0 Å². The summed E-state index contributed by atoms with van der Waals surface area (Å²) in [7, 11) is 0. The Bertz CT molecular complexity index is 642. The van der Waals surface area contributed by atoms with Gasteiger partial charge in [0.05, 0.1) is 0 Å². The lowest BCUT2D eigenvalue weighted by Crippen LogP contribution is -2.37. The van der Waals surface area contributed by atoms with Crippen molar-refractivity contribution in [2.75, 3.05) is 6.54 Å². The maximum Gasteiger partial charge on any atom is 0.260 e. The maximum absolute atomic E-state index is 13.5. The summed E-state index contributed by atoms with van der Waals surface area (Å²) in [4.78, 5) is 12.0. The average molecular weight is 301 g/mol. The van der Waals surface area contributed by atoms with Crippen LogP contribution in [-0.2, 0) is 11.2 Å². The van der Waals surface area contributed by atoms with E-state index in [9.17, 15) is 9.18 Å². The second kappa shape index (κ2) is 7.59. The highest BCUT2D eigenvalue weighted by Crippen LogP contribution is 2.14. The van der Waals surface area contributed by atoms with E-state index in [-0.39, 0.29) is 11.7 Å². The van der Waals surface area contributed by atoms with E-state index >= 15 is 0 Å². The third kappa shape index (κ3) is 4.58. The molecule has 3 nitrogen and oxygen atoms in total. The fourth-order valence-electron chi connectivity index (χ4n) is 2.11. The molecule has 0 aliphatic heterocycles. The molecule has 0 radical (unpaired) electrons. The normalized spacial score (nSPS) is 11.8. The standard InChI is InChI=1S/C18H20FNO2/c1-13-6-5-8-16(12-13)22-14(2)18(21)20-11-10-15-7-3-4-9-17(15)19/h3-9,12,14H,10-11H2,1-2H3,(H,20,21). The van der Waals surface area contributed by atoms with E-state index in [4.69, 9.17) is 4.74 Å². The first-order valence-corrected chi connectivity index (χ1v) is 7.30. The summed E-state index contributed by atoms with van der Waals surface area (Å²) in [6.07, 6.45) is -0.141. The first kappa shape index (κ1) is 16.0. The number of aryl methyl sites for hydroxylation is 1. The Morgan fingerprint density at radius 1 is 1.23 bits per heavy atom. The molecule has 0 fully saturated rings. The van der Waals surface area contributed by atoms with Gasteiger partial charge in [-0.1, -0.05) is 30.3 Å². The van der Waals surface area contributed by atoms with Crippen LogP contribution in [0.3, 0.4) is 0 Å². The van der Waals surface area contributed by atoms with Gasteiger partial charge in [-0.25, -0.2) is 4.39 Å². The van der Waals surface area contributed by atoms with Crippen LogP contribution in [0.1, 0.15) is 18.1 Å². The smallest absolute Gasteiger partial charge is 0.260 e. The predicted molar refractivity (Wildman–Crippen MR) is 84.4 cm³/mol. The van der Waals surface area contributed by atoms with Crippen LogP contribution in [0, 0.1) is 12.7 Å². The number of hydrogen-bond donors (Lipinski definition) is 1. The van der Waals surface area contributed by atoms with E-state index in [0.717, 1.165) is 5.56 Å². The molecule has 0 bridgehead atoms. The number of hydrogen-bond acceptors (Lipinski definition) is 2.